The van der Waals surface area contributed by atoms with Gasteiger partial charge in [-0.1, -0.05) is 207 Å². The van der Waals surface area contributed by atoms with Crippen LogP contribution < -0.4 is 10.6 Å². The standard InChI is InChI=1S/C42H83N3O/c1-5-8-10-12-14-16-18-20-22-23-25-27-29-31-33-35-37-40-43-38-41(45(40)7-3)44-42(46)39(4)36-34-32-30-28-26-24-21-19-17-15-13-11-9-6-2/h39,41H,5-38H2,1-4H3,(H,44,46)/p+1. The van der Waals surface area contributed by atoms with Gasteiger partial charge in [-0.2, -0.15) is 0 Å². The van der Waals surface area contributed by atoms with Crippen LogP contribution in [0.2, 0.25) is 0 Å². The van der Waals surface area contributed by atoms with E-state index in [-0.39, 0.29) is 18.0 Å². The molecule has 2 N–H and O–H groups in total. The molecular formula is C42H84N3O+. The first-order valence-electron chi connectivity index (χ1n) is 21.3. The van der Waals surface area contributed by atoms with E-state index in [4.69, 9.17) is 0 Å². The zero-order valence-electron chi connectivity index (χ0n) is 32.1. The van der Waals surface area contributed by atoms with Crippen molar-refractivity contribution in [1.29, 1.82) is 0 Å². The Morgan fingerprint density at radius 2 is 0.935 bits per heavy atom. The highest BCUT2D eigenvalue weighted by molar-refractivity contribution is 5.80. The molecule has 0 saturated heterocycles. The van der Waals surface area contributed by atoms with Crippen molar-refractivity contribution in [1.82, 2.24) is 10.6 Å². The quantitative estimate of drug-likeness (QED) is 0.0531. The maximum Gasteiger partial charge on any atom is 0.246 e. The number of hydrogen-bond acceptors (Lipinski definition) is 2. The van der Waals surface area contributed by atoms with Crippen LogP contribution in [0.4, 0.5) is 0 Å². The topological polar surface area (TPSA) is 44.1 Å². The molecule has 0 aromatic rings. The summed E-state index contributed by atoms with van der Waals surface area (Å²) < 4.78 is 2.41. The maximum absolute atomic E-state index is 13.0. The summed E-state index contributed by atoms with van der Waals surface area (Å²) in [7, 11) is 0. The molecule has 0 spiro atoms. The minimum Gasteiger partial charge on any atom is -0.314 e. The van der Waals surface area contributed by atoms with Crippen molar-refractivity contribution in [3.8, 4) is 0 Å². The molecule has 1 rings (SSSR count). The molecule has 1 aliphatic rings. The maximum atomic E-state index is 13.0. The first-order chi connectivity index (χ1) is 22.6. The van der Waals surface area contributed by atoms with Crippen molar-refractivity contribution >= 4 is 11.7 Å². The molecule has 2 atom stereocenters. The number of nitrogens with zero attached hydrogens (tertiary/aromatic N) is 1. The Kier molecular flexibility index (Phi) is 30.3. The Hall–Kier alpha value is -1.06. The number of nitrogens with one attached hydrogen (secondary N) is 2. The van der Waals surface area contributed by atoms with Gasteiger partial charge in [-0.05, 0) is 19.8 Å². The van der Waals surface area contributed by atoms with E-state index in [1.165, 1.54) is 198 Å². The fraction of sp³-hybridized carbons (Fsp3) is 0.952. The van der Waals surface area contributed by atoms with Gasteiger partial charge in [0, 0.05) is 12.3 Å². The van der Waals surface area contributed by atoms with Crippen LogP contribution in [0.5, 0.6) is 0 Å². The number of carbonyl (C=O) groups is 1. The first-order valence-corrected chi connectivity index (χ1v) is 21.3. The van der Waals surface area contributed by atoms with Crippen LogP contribution >= 0.6 is 0 Å². The van der Waals surface area contributed by atoms with Crippen LogP contribution in [-0.4, -0.2) is 35.6 Å². The number of hydrogen-bond donors (Lipinski definition) is 2. The van der Waals surface area contributed by atoms with Gasteiger partial charge >= 0.3 is 0 Å². The molecule has 0 bridgehead atoms. The number of rotatable bonds is 35. The molecule has 4 nitrogen and oxygen atoms in total. The fourth-order valence-electron chi connectivity index (χ4n) is 7.31. The SMILES string of the molecule is CCCCCCCCCCCCCCCCCCC1=[N+](CC)C(NC(=O)C(C)CCCCCCCCCCCCCCCC)CN1. The van der Waals surface area contributed by atoms with Gasteiger partial charge in [-0.25, -0.2) is 4.58 Å². The number of carbonyl (C=O) groups excluding carboxylic acids is 1. The first kappa shape index (κ1) is 43.0. The van der Waals surface area contributed by atoms with Crippen LogP contribution in [0.3, 0.4) is 0 Å². The van der Waals surface area contributed by atoms with E-state index >= 15 is 0 Å². The van der Waals surface area contributed by atoms with E-state index in [2.05, 4.69) is 42.9 Å². The zero-order chi connectivity index (χ0) is 33.3. The lowest BCUT2D eigenvalue weighted by Gasteiger charge is -2.17. The van der Waals surface area contributed by atoms with E-state index in [0.29, 0.717) is 0 Å². The van der Waals surface area contributed by atoms with Gasteiger partial charge in [0.1, 0.15) is 6.54 Å². The molecule has 2 unspecified atom stereocenters. The Labute approximate surface area is 289 Å². The number of unbranched alkanes of at least 4 members (excludes halogenated alkanes) is 28. The van der Waals surface area contributed by atoms with Gasteiger partial charge in [0.25, 0.3) is 0 Å². The van der Waals surface area contributed by atoms with Crippen LogP contribution in [-0.2, 0) is 4.79 Å². The summed E-state index contributed by atoms with van der Waals surface area (Å²) in [6, 6.07) is 0. The van der Waals surface area contributed by atoms with Crippen molar-refractivity contribution in [2.45, 2.75) is 239 Å². The highest BCUT2D eigenvalue weighted by atomic mass is 16.2. The van der Waals surface area contributed by atoms with Crippen molar-refractivity contribution in [2.75, 3.05) is 13.1 Å². The molecule has 1 heterocycles. The minimum atomic E-state index is 0.111. The number of amidine groups is 1. The summed E-state index contributed by atoms with van der Waals surface area (Å²) in [6.45, 7) is 10.7. The fourth-order valence-corrected chi connectivity index (χ4v) is 7.31. The molecule has 4 heteroatoms. The molecule has 1 aliphatic heterocycles. The van der Waals surface area contributed by atoms with Crippen LogP contribution in [0.25, 0.3) is 0 Å². The van der Waals surface area contributed by atoms with Crippen LogP contribution in [0.1, 0.15) is 233 Å². The number of amides is 1. The Balaban J connectivity index is 2.01. The molecule has 272 valence electrons. The van der Waals surface area contributed by atoms with Gasteiger partial charge in [0.05, 0.1) is 6.54 Å². The third-order valence-corrected chi connectivity index (χ3v) is 10.6. The van der Waals surface area contributed by atoms with Gasteiger partial charge in [-0.3, -0.25) is 10.1 Å². The molecule has 0 aliphatic carbocycles. The van der Waals surface area contributed by atoms with Crippen molar-refractivity contribution in [2.24, 2.45) is 5.92 Å². The molecule has 0 aromatic carbocycles. The predicted octanol–water partition coefficient (Wildman–Crippen LogP) is 12.6. The number of likely N-dealkylation sites (N-methyl/N-ethyl adjacent to an activating group) is 1. The van der Waals surface area contributed by atoms with Gasteiger partial charge < -0.3 is 5.32 Å². The van der Waals surface area contributed by atoms with Crippen LogP contribution in [0, 0.1) is 5.92 Å². The van der Waals surface area contributed by atoms with E-state index < -0.39 is 0 Å². The Bertz CT molecular complexity index is 705. The monoisotopic (exact) mass is 647 g/mol. The van der Waals surface area contributed by atoms with E-state index in [0.717, 1.165) is 25.9 Å². The van der Waals surface area contributed by atoms with Gasteiger partial charge in [0.15, 0.2) is 0 Å². The highest BCUT2D eigenvalue weighted by Gasteiger charge is 2.31. The summed E-state index contributed by atoms with van der Waals surface area (Å²) in [4.78, 5) is 13.0. The second kappa shape index (κ2) is 32.5. The lowest BCUT2D eigenvalue weighted by molar-refractivity contribution is -0.557. The van der Waals surface area contributed by atoms with Crippen LogP contribution in [0.15, 0.2) is 0 Å². The molecule has 0 fully saturated rings. The summed E-state index contributed by atoms with van der Waals surface area (Å²) in [5.41, 5.74) is 0. The van der Waals surface area contributed by atoms with E-state index in [1.54, 1.807) is 0 Å². The lowest BCUT2D eigenvalue weighted by Crippen LogP contribution is -2.45. The van der Waals surface area contributed by atoms with E-state index in [1.807, 2.05) is 0 Å². The van der Waals surface area contributed by atoms with Gasteiger partial charge in [0.2, 0.25) is 17.9 Å². The third-order valence-electron chi connectivity index (χ3n) is 10.6. The average Bonchev–Trinajstić information content (AvgIpc) is 3.45. The average molecular weight is 647 g/mol. The van der Waals surface area contributed by atoms with Crippen molar-refractivity contribution in [3.63, 3.8) is 0 Å². The molecular weight excluding hydrogens is 562 g/mol. The molecule has 46 heavy (non-hydrogen) atoms. The third kappa shape index (κ3) is 24.1. The molecule has 0 radical (unpaired) electrons. The molecule has 1 amide bonds. The minimum absolute atomic E-state index is 0.111. The molecule has 0 aromatic heterocycles. The second-order valence-electron chi connectivity index (χ2n) is 15.0. The lowest BCUT2D eigenvalue weighted by atomic mass is 10.0. The smallest absolute Gasteiger partial charge is 0.246 e. The molecule has 0 saturated carbocycles. The van der Waals surface area contributed by atoms with Gasteiger partial charge in [-0.15, -0.1) is 0 Å². The summed E-state index contributed by atoms with van der Waals surface area (Å²) >= 11 is 0. The summed E-state index contributed by atoms with van der Waals surface area (Å²) in [6.07, 6.45) is 44.2. The highest BCUT2D eigenvalue weighted by Crippen LogP contribution is 2.17. The second-order valence-corrected chi connectivity index (χ2v) is 15.0. The van der Waals surface area contributed by atoms with Crippen molar-refractivity contribution < 1.29 is 9.37 Å². The Morgan fingerprint density at radius 3 is 1.30 bits per heavy atom. The summed E-state index contributed by atoms with van der Waals surface area (Å²) in [5, 5.41) is 7.00. The predicted molar refractivity (Wildman–Crippen MR) is 204 cm³/mol. The largest absolute Gasteiger partial charge is 0.314 e. The summed E-state index contributed by atoms with van der Waals surface area (Å²) in [5.74, 6) is 1.70. The zero-order valence-corrected chi connectivity index (χ0v) is 32.1. The normalized spacial score (nSPS) is 15.4. The Morgan fingerprint density at radius 1 is 0.587 bits per heavy atom. The van der Waals surface area contributed by atoms with Crippen molar-refractivity contribution in [3.05, 3.63) is 0 Å². The van der Waals surface area contributed by atoms with E-state index in [9.17, 15) is 4.79 Å².